The first-order valence-corrected chi connectivity index (χ1v) is 11.2. The fraction of sp³-hybridized carbons (Fsp3) is 0.909. The summed E-state index contributed by atoms with van der Waals surface area (Å²) < 4.78 is 10.1. The largest absolute Gasteiger partial charge is 0.464 e. The van der Waals surface area contributed by atoms with Gasteiger partial charge in [-0.05, 0) is 19.8 Å². The van der Waals surface area contributed by atoms with Crippen molar-refractivity contribution in [3.63, 3.8) is 0 Å². The number of carbonyl (C=O) groups excluding carboxylic acids is 2. The van der Waals surface area contributed by atoms with Gasteiger partial charge in [0.1, 0.15) is 6.04 Å². The Morgan fingerprint density at radius 3 is 1.63 bits per heavy atom. The number of carbonyl (C=O) groups is 2. The zero-order chi connectivity index (χ0) is 20.2. The maximum atomic E-state index is 11.8. The van der Waals surface area contributed by atoms with Gasteiger partial charge in [-0.1, -0.05) is 90.9 Å². The average Bonchev–Trinajstić information content (AvgIpc) is 2.66. The Morgan fingerprint density at radius 1 is 0.667 bits per heavy atom. The quantitative estimate of drug-likeness (QED) is 0.227. The highest BCUT2D eigenvalue weighted by Gasteiger charge is 2.17. The number of hydrogen-bond donors (Lipinski definition) is 1. The molecule has 1 N–H and O–H groups in total. The van der Waals surface area contributed by atoms with Crippen molar-refractivity contribution in [1.82, 2.24) is 5.32 Å². The number of hydrogen-bond acceptors (Lipinski definition) is 4. The average molecular weight is 386 g/mol. The molecule has 1 amide bonds. The minimum absolute atomic E-state index is 0.354. The first-order valence-electron chi connectivity index (χ1n) is 11.2. The summed E-state index contributed by atoms with van der Waals surface area (Å²) in [6.45, 7) is 6.56. The first-order chi connectivity index (χ1) is 13.1. The molecular weight excluding hydrogens is 342 g/mol. The van der Waals surface area contributed by atoms with Crippen molar-refractivity contribution >= 4 is 12.1 Å². The normalized spacial score (nSPS) is 11.8. The van der Waals surface area contributed by atoms with Gasteiger partial charge < -0.3 is 14.8 Å². The molecule has 0 rings (SSSR count). The molecule has 160 valence electrons. The lowest BCUT2D eigenvalue weighted by molar-refractivity contribution is -0.145. The summed E-state index contributed by atoms with van der Waals surface area (Å²) in [6, 6.07) is -0.670. The van der Waals surface area contributed by atoms with Crippen molar-refractivity contribution in [3.8, 4) is 0 Å². The van der Waals surface area contributed by atoms with E-state index in [1.807, 2.05) is 6.92 Å². The molecule has 27 heavy (non-hydrogen) atoms. The van der Waals surface area contributed by atoms with Crippen LogP contribution >= 0.6 is 0 Å². The number of esters is 1. The molecule has 0 aromatic rings. The van der Waals surface area contributed by atoms with E-state index in [4.69, 9.17) is 9.47 Å². The van der Waals surface area contributed by atoms with Crippen LogP contribution in [0.2, 0.25) is 0 Å². The van der Waals surface area contributed by atoms with E-state index in [-0.39, 0.29) is 0 Å². The van der Waals surface area contributed by atoms with Crippen LogP contribution in [-0.2, 0) is 14.3 Å². The molecule has 0 aliphatic carbocycles. The Balaban J connectivity index is 3.36. The molecule has 0 aromatic heterocycles. The van der Waals surface area contributed by atoms with Crippen LogP contribution in [0.1, 0.15) is 111 Å². The van der Waals surface area contributed by atoms with Gasteiger partial charge in [0, 0.05) is 0 Å². The lowest BCUT2D eigenvalue weighted by Gasteiger charge is -2.13. The van der Waals surface area contributed by atoms with E-state index in [2.05, 4.69) is 12.2 Å². The number of alkyl carbamates (subject to hydrolysis) is 1. The maximum Gasteiger partial charge on any atom is 0.407 e. The van der Waals surface area contributed by atoms with E-state index < -0.39 is 18.1 Å². The lowest BCUT2D eigenvalue weighted by atomic mass is 10.0. The van der Waals surface area contributed by atoms with Crippen molar-refractivity contribution in [1.29, 1.82) is 0 Å². The van der Waals surface area contributed by atoms with Crippen molar-refractivity contribution in [2.24, 2.45) is 0 Å². The second kappa shape index (κ2) is 19.5. The van der Waals surface area contributed by atoms with Crippen LogP contribution < -0.4 is 5.32 Å². The molecule has 0 aromatic carbocycles. The van der Waals surface area contributed by atoms with Gasteiger partial charge in [0.25, 0.3) is 0 Å². The molecule has 0 saturated heterocycles. The van der Waals surface area contributed by atoms with Gasteiger partial charge in [0.15, 0.2) is 0 Å². The molecule has 0 aliphatic heterocycles. The van der Waals surface area contributed by atoms with E-state index in [1.165, 1.54) is 70.6 Å². The third-order valence-corrected chi connectivity index (χ3v) is 4.62. The van der Waals surface area contributed by atoms with Crippen LogP contribution in [0.4, 0.5) is 4.79 Å². The standard InChI is InChI=1S/C22H43NO4/c1-4-6-7-8-9-10-11-12-13-14-15-16-17-19-26-21(24)20(3)23-22(25)27-18-5-2/h20H,4-19H2,1-3H3,(H,23,25)/t20-/m0/s1. The number of rotatable bonds is 18. The van der Waals surface area contributed by atoms with Crippen molar-refractivity contribution < 1.29 is 19.1 Å². The Kier molecular flexibility index (Phi) is 18.6. The third-order valence-electron chi connectivity index (χ3n) is 4.62. The molecule has 5 heteroatoms. The third kappa shape index (κ3) is 17.9. The summed E-state index contributed by atoms with van der Waals surface area (Å²) in [5.41, 5.74) is 0. The van der Waals surface area contributed by atoms with Gasteiger partial charge in [-0.15, -0.1) is 0 Å². The first kappa shape index (κ1) is 25.7. The molecule has 0 unspecified atom stereocenters. The number of ether oxygens (including phenoxy) is 2. The molecule has 0 aliphatic rings. The topological polar surface area (TPSA) is 64.6 Å². The van der Waals surface area contributed by atoms with Crippen LogP contribution in [-0.4, -0.2) is 31.3 Å². The minimum Gasteiger partial charge on any atom is -0.464 e. The summed E-state index contributed by atoms with van der Waals surface area (Å²) in [5.74, 6) is -0.401. The van der Waals surface area contributed by atoms with E-state index in [9.17, 15) is 9.59 Å². The number of amides is 1. The summed E-state index contributed by atoms with van der Waals surface area (Å²) >= 11 is 0. The fourth-order valence-corrected chi connectivity index (χ4v) is 2.89. The van der Waals surface area contributed by atoms with E-state index in [0.29, 0.717) is 13.2 Å². The molecule has 1 atom stereocenters. The highest BCUT2D eigenvalue weighted by molar-refractivity contribution is 5.80. The molecule has 0 fully saturated rings. The summed E-state index contributed by atoms with van der Waals surface area (Å²) in [7, 11) is 0. The molecule has 0 saturated carbocycles. The summed E-state index contributed by atoms with van der Waals surface area (Å²) in [6.07, 6.45) is 17.0. The number of nitrogens with one attached hydrogen (secondary N) is 1. The van der Waals surface area contributed by atoms with E-state index in [1.54, 1.807) is 6.92 Å². The van der Waals surface area contributed by atoms with Crippen LogP contribution in [0.3, 0.4) is 0 Å². The van der Waals surface area contributed by atoms with Crippen LogP contribution in [0.25, 0.3) is 0 Å². The molecular formula is C22H43NO4. The maximum absolute atomic E-state index is 11.8. The SMILES string of the molecule is CCCCCCCCCCCCCCCOC(=O)[C@H](C)NC(=O)OCCC. The smallest absolute Gasteiger partial charge is 0.407 e. The Hall–Kier alpha value is -1.26. The second-order valence-corrected chi connectivity index (χ2v) is 7.41. The Morgan fingerprint density at radius 2 is 1.15 bits per heavy atom. The molecule has 0 bridgehead atoms. The fourth-order valence-electron chi connectivity index (χ4n) is 2.89. The molecule has 0 radical (unpaired) electrons. The second-order valence-electron chi connectivity index (χ2n) is 7.41. The predicted molar refractivity (Wildman–Crippen MR) is 111 cm³/mol. The van der Waals surface area contributed by atoms with Gasteiger partial charge in [-0.2, -0.15) is 0 Å². The van der Waals surface area contributed by atoms with Gasteiger partial charge >= 0.3 is 12.1 Å². The number of unbranched alkanes of at least 4 members (excludes halogenated alkanes) is 12. The van der Waals surface area contributed by atoms with Crippen LogP contribution in [0.15, 0.2) is 0 Å². The lowest BCUT2D eigenvalue weighted by Crippen LogP contribution is -2.40. The zero-order valence-corrected chi connectivity index (χ0v) is 18.0. The van der Waals surface area contributed by atoms with E-state index in [0.717, 1.165) is 19.3 Å². The highest BCUT2D eigenvalue weighted by Crippen LogP contribution is 2.12. The summed E-state index contributed by atoms with van der Waals surface area (Å²) in [5, 5.41) is 2.48. The molecule has 0 heterocycles. The van der Waals surface area contributed by atoms with Crippen molar-refractivity contribution in [3.05, 3.63) is 0 Å². The molecule has 0 spiro atoms. The van der Waals surface area contributed by atoms with Gasteiger partial charge in [0.2, 0.25) is 0 Å². The van der Waals surface area contributed by atoms with Gasteiger partial charge in [-0.3, -0.25) is 0 Å². The minimum atomic E-state index is -0.670. The highest BCUT2D eigenvalue weighted by atomic mass is 16.6. The molecule has 5 nitrogen and oxygen atoms in total. The Bertz CT molecular complexity index is 360. The predicted octanol–water partition coefficient (Wildman–Crippen LogP) is 6.15. The monoisotopic (exact) mass is 385 g/mol. The van der Waals surface area contributed by atoms with Crippen molar-refractivity contribution in [2.45, 2.75) is 117 Å². The van der Waals surface area contributed by atoms with Crippen LogP contribution in [0.5, 0.6) is 0 Å². The van der Waals surface area contributed by atoms with Crippen LogP contribution in [0, 0.1) is 0 Å². The van der Waals surface area contributed by atoms with Crippen molar-refractivity contribution in [2.75, 3.05) is 13.2 Å². The Labute approximate surface area is 167 Å². The van der Waals surface area contributed by atoms with Gasteiger partial charge in [0.05, 0.1) is 13.2 Å². The summed E-state index contributed by atoms with van der Waals surface area (Å²) in [4.78, 5) is 23.2. The van der Waals surface area contributed by atoms with E-state index >= 15 is 0 Å². The van der Waals surface area contributed by atoms with Gasteiger partial charge in [-0.25, -0.2) is 9.59 Å². The zero-order valence-electron chi connectivity index (χ0n) is 18.0.